The molecule has 0 spiro atoms. The zero-order chi connectivity index (χ0) is 14.7. The third-order valence-electron chi connectivity index (χ3n) is 3.74. The van der Waals surface area contributed by atoms with Crippen LogP contribution >= 0.6 is 0 Å². The summed E-state index contributed by atoms with van der Waals surface area (Å²) in [7, 11) is -2.27. The van der Waals surface area contributed by atoms with Gasteiger partial charge >= 0.3 is 0 Å². The Kier molecular flexibility index (Phi) is 5.36. The lowest BCUT2D eigenvalue weighted by atomic mass is 9.98. The summed E-state index contributed by atoms with van der Waals surface area (Å²) >= 11 is 0. The molecule has 19 heavy (non-hydrogen) atoms. The predicted molar refractivity (Wildman–Crippen MR) is 83.4 cm³/mol. The van der Waals surface area contributed by atoms with Crippen LogP contribution in [0.5, 0.6) is 0 Å². The Morgan fingerprint density at radius 1 is 1.11 bits per heavy atom. The van der Waals surface area contributed by atoms with E-state index in [2.05, 4.69) is 40.8 Å². The van der Waals surface area contributed by atoms with E-state index in [4.69, 9.17) is 4.43 Å². The highest BCUT2D eigenvalue weighted by atomic mass is 28.4. The summed E-state index contributed by atoms with van der Waals surface area (Å²) in [6.45, 7) is 13.4. The van der Waals surface area contributed by atoms with E-state index in [0.29, 0.717) is 12.5 Å². The zero-order valence-corrected chi connectivity index (χ0v) is 14.1. The molecule has 0 amide bonds. The van der Waals surface area contributed by atoms with Crippen molar-refractivity contribution in [1.82, 2.24) is 0 Å². The highest BCUT2D eigenvalue weighted by molar-refractivity contribution is 6.73. The van der Waals surface area contributed by atoms with Gasteiger partial charge in [-0.05, 0) is 30.5 Å². The molecule has 0 saturated heterocycles. The van der Waals surface area contributed by atoms with E-state index >= 15 is 0 Å². The van der Waals surface area contributed by atoms with E-state index in [1.54, 1.807) is 0 Å². The van der Waals surface area contributed by atoms with Crippen molar-refractivity contribution in [3.63, 3.8) is 0 Å². The molecule has 0 saturated carbocycles. The molecule has 0 bridgehead atoms. The molecule has 1 unspecified atom stereocenters. The third-order valence-corrected chi connectivity index (χ3v) is 7.33. The van der Waals surface area contributed by atoms with Gasteiger partial charge in [0.15, 0.2) is 0 Å². The largest absolute Gasteiger partial charge is 0.414 e. The second kappa shape index (κ2) is 6.20. The Balaban J connectivity index is 3.12. The van der Waals surface area contributed by atoms with Gasteiger partial charge in [0.2, 0.25) is 8.32 Å². The summed E-state index contributed by atoms with van der Waals surface area (Å²) in [4.78, 5) is 0. The standard InChI is InChI=1S/C16H28O2Si/c1-13(2)12-18-19(5,6)16(17,14(3)4)15-10-8-7-9-11-15/h7-11,13-14,17H,12H2,1-6H3. The molecule has 1 atom stereocenters. The minimum Gasteiger partial charge on any atom is -0.414 e. The smallest absolute Gasteiger partial charge is 0.223 e. The van der Waals surface area contributed by atoms with Gasteiger partial charge in [-0.25, -0.2) is 0 Å². The molecule has 1 N–H and O–H groups in total. The number of benzene rings is 1. The van der Waals surface area contributed by atoms with E-state index in [1.807, 2.05) is 30.3 Å². The normalized spacial score (nSPS) is 15.8. The Morgan fingerprint density at radius 2 is 1.63 bits per heavy atom. The van der Waals surface area contributed by atoms with E-state index in [0.717, 1.165) is 5.56 Å². The summed E-state index contributed by atoms with van der Waals surface area (Å²) < 4.78 is 6.16. The van der Waals surface area contributed by atoms with Crippen LogP contribution in [0.2, 0.25) is 13.1 Å². The van der Waals surface area contributed by atoms with Gasteiger partial charge in [-0.1, -0.05) is 58.0 Å². The fraction of sp³-hybridized carbons (Fsp3) is 0.625. The summed E-state index contributed by atoms with van der Waals surface area (Å²) in [6, 6.07) is 9.96. The molecule has 1 aromatic carbocycles. The van der Waals surface area contributed by atoms with Crippen molar-refractivity contribution in [3.05, 3.63) is 35.9 Å². The molecule has 1 rings (SSSR count). The molecule has 108 valence electrons. The third kappa shape index (κ3) is 3.47. The molecule has 1 aromatic rings. The van der Waals surface area contributed by atoms with Crippen molar-refractivity contribution in [2.75, 3.05) is 6.61 Å². The number of hydrogen-bond donors (Lipinski definition) is 1. The van der Waals surface area contributed by atoms with Gasteiger partial charge in [-0.3, -0.25) is 0 Å². The number of aliphatic hydroxyl groups is 1. The first-order valence-electron chi connectivity index (χ1n) is 7.13. The molecule has 0 aliphatic rings. The van der Waals surface area contributed by atoms with E-state index in [1.165, 1.54) is 0 Å². The molecule has 0 aromatic heterocycles. The fourth-order valence-electron chi connectivity index (χ4n) is 2.55. The Hall–Kier alpha value is -0.643. The van der Waals surface area contributed by atoms with Crippen LogP contribution in [0, 0.1) is 11.8 Å². The van der Waals surface area contributed by atoms with Crippen molar-refractivity contribution in [3.8, 4) is 0 Å². The topological polar surface area (TPSA) is 29.5 Å². The number of hydrogen-bond acceptors (Lipinski definition) is 2. The highest BCUT2D eigenvalue weighted by Gasteiger charge is 2.50. The first-order chi connectivity index (χ1) is 8.72. The summed E-state index contributed by atoms with van der Waals surface area (Å²) in [5.41, 5.74) is 0.977. The molecular formula is C16H28O2Si. The molecule has 0 fully saturated rings. The fourth-order valence-corrected chi connectivity index (χ4v) is 5.78. The van der Waals surface area contributed by atoms with Crippen molar-refractivity contribution in [2.45, 2.75) is 46.0 Å². The summed E-state index contributed by atoms with van der Waals surface area (Å²) in [5.74, 6) is 0.614. The maximum Gasteiger partial charge on any atom is 0.223 e. The SMILES string of the molecule is CC(C)CO[Si](C)(C)C(O)(c1ccccc1)C(C)C. The van der Waals surface area contributed by atoms with E-state index < -0.39 is 13.5 Å². The molecule has 2 nitrogen and oxygen atoms in total. The van der Waals surface area contributed by atoms with Crippen LogP contribution in [0.1, 0.15) is 33.3 Å². The molecule has 0 aliphatic heterocycles. The molecule has 0 heterocycles. The van der Waals surface area contributed by atoms with Crippen molar-refractivity contribution in [1.29, 1.82) is 0 Å². The maximum absolute atomic E-state index is 11.3. The van der Waals surface area contributed by atoms with E-state index in [-0.39, 0.29) is 5.92 Å². The lowest BCUT2D eigenvalue weighted by Gasteiger charge is -2.44. The quantitative estimate of drug-likeness (QED) is 0.800. The van der Waals surface area contributed by atoms with Gasteiger partial charge in [0.25, 0.3) is 0 Å². The van der Waals surface area contributed by atoms with Gasteiger partial charge in [-0.2, -0.15) is 0 Å². The van der Waals surface area contributed by atoms with Crippen LogP contribution in [-0.4, -0.2) is 20.0 Å². The van der Waals surface area contributed by atoms with Crippen LogP contribution in [0.4, 0.5) is 0 Å². The minimum atomic E-state index is -2.27. The lowest BCUT2D eigenvalue weighted by Crippen LogP contribution is -2.57. The molecule has 3 heteroatoms. The summed E-state index contributed by atoms with van der Waals surface area (Å²) in [6.07, 6.45) is 0. The minimum absolute atomic E-state index is 0.128. The van der Waals surface area contributed by atoms with Crippen molar-refractivity contribution in [2.24, 2.45) is 11.8 Å². The van der Waals surface area contributed by atoms with Gasteiger partial charge < -0.3 is 9.53 Å². The zero-order valence-electron chi connectivity index (χ0n) is 13.1. The highest BCUT2D eigenvalue weighted by Crippen LogP contribution is 2.39. The van der Waals surface area contributed by atoms with Crippen LogP contribution in [-0.2, 0) is 9.65 Å². The van der Waals surface area contributed by atoms with Crippen LogP contribution in [0.3, 0.4) is 0 Å². The van der Waals surface area contributed by atoms with Gasteiger partial charge in [0.1, 0.15) is 5.22 Å². The first kappa shape index (κ1) is 16.4. The Bertz CT molecular complexity index is 387. The van der Waals surface area contributed by atoms with Crippen LogP contribution < -0.4 is 0 Å². The molecule has 0 aliphatic carbocycles. The predicted octanol–water partition coefficient (Wildman–Crippen LogP) is 3.95. The van der Waals surface area contributed by atoms with Gasteiger partial charge in [-0.15, -0.1) is 0 Å². The Morgan fingerprint density at radius 3 is 2.05 bits per heavy atom. The van der Waals surface area contributed by atoms with Crippen molar-refractivity contribution >= 4 is 8.32 Å². The first-order valence-corrected chi connectivity index (χ1v) is 10.0. The average molecular weight is 280 g/mol. The maximum atomic E-state index is 11.3. The average Bonchev–Trinajstić information content (AvgIpc) is 2.36. The Labute approximate surface area is 118 Å². The lowest BCUT2D eigenvalue weighted by molar-refractivity contribution is 0.0368. The van der Waals surface area contributed by atoms with Crippen molar-refractivity contribution < 1.29 is 9.53 Å². The second-order valence-electron chi connectivity index (χ2n) is 6.50. The summed E-state index contributed by atoms with van der Waals surface area (Å²) in [5, 5.41) is 10.5. The van der Waals surface area contributed by atoms with Crippen LogP contribution in [0.15, 0.2) is 30.3 Å². The van der Waals surface area contributed by atoms with Gasteiger partial charge in [0.05, 0.1) is 0 Å². The van der Waals surface area contributed by atoms with Crippen LogP contribution in [0.25, 0.3) is 0 Å². The number of rotatable bonds is 6. The second-order valence-corrected chi connectivity index (χ2v) is 10.6. The molecule has 0 radical (unpaired) electrons. The van der Waals surface area contributed by atoms with E-state index in [9.17, 15) is 5.11 Å². The van der Waals surface area contributed by atoms with Gasteiger partial charge in [0, 0.05) is 6.61 Å². The molecular weight excluding hydrogens is 252 g/mol. The monoisotopic (exact) mass is 280 g/mol.